The quantitative estimate of drug-likeness (QED) is 0.577. The van der Waals surface area contributed by atoms with E-state index in [0.29, 0.717) is 6.61 Å². The van der Waals surface area contributed by atoms with E-state index in [1.165, 1.54) is 27.8 Å². The summed E-state index contributed by atoms with van der Waals surface area (Å²) in [4.78, 5) is 13.4. The molecule has 2 aromatic carbocycles. The number of ether oxygens (including phenoxy) is 3. The largest absolute Gasteiger partial charge is 0.493 e. The third kappa shape index (κ3) is 4.60. The molecule has 0 amide bonds. The lowest BCUT2D eigenvalue weighted by Gasteiger charge is -2.33. The Hall–Kier alpha value is -2.37. The molecule has 1 atom stereocenters. The van der Waals surface area contributed by atoms with Gasteiger partial charge in [-0.3, -0.25) is 0 Å². The van der Waals surface area contributed by atoms with Crippen molar-refractivity contribution in [3.63, 3.8) is 0 Å². The third-order valence-electron chi connectivity index (χ3n) is 7.06. The molecular formula is C29H39NO4. The number of carbonyl (C=O) groups excluding carboxylic acids is 1. The van der Waals surface area contributed by atoms with Gasteiger partial charge < -0.3 is 19.5 Å². The van der Waals surface area contributed by atoms with Crippen LogP contribution in [0, 0.1) is 20.8 Å². The monoisotopic (exact) mass is 465 g/mol. The van der Waals surface area contributed by atoms with E-state index in [2.05, 4.69) is 38.2 Å². The normalized spacial score (nSPS) is 16.3. The van der Waals surface area contributed by atoms with Gasteiger partial charge in [-0.1, -0.05) is 6.07 Å². The molecular weight excluding hydrogens is 426 g/mol. The zero-order valence-electron chi connectivity index (χ0n) is 21.8. The van der Waals surface area contributed by atoms with Crippen LogP contribution in [0.2, 0.25) is 0 Å². The lowest BCUT2D eigenvalue weighted by Crippen LogP contribution is -2.32. The smallest absolute Gasteiger partial charge is 0.339 e. The first-order valence-corrected chi connectivity index (χ1v) is 12.6. The van der Waals surface area contributed by atoms with Crippen molar-refractivity contribution in [2.45, 2.75) is 86.0 Å². The maximum absolute atomic E-state index is 13.4. The summed E-state index contributed by atoms with van der Waals surface area (Å²) in [5.74, 6) is 0.657. The van der Waals surface area contributed by atoms with E-state index in [1.54, 1.807) is 0 Å². The Balaban J connectivity index is 2.03. The molecule has 5 nitrogen and oxygen atoms in total. The van der Waals surface area contributed by atoms with Gasteiger partial charge in [0.25, 0.3) is 0 Å². The number of nitrogens with one attached hydrogen (secondary N) is 1. The van der Waals surface area contributed by atoms with Crippen LogP contribution in [0.3, 0.4) is 0 Å². The fourth-order valence-corrected chi connectivity index (χ4v) is 5.51. The molecule has 0 bridgehead atoms. The lowest BCUT2D eigenvalue weighted by atomic mass is 9.79. The second-order valence-corrected chi connectivity index (χ2v) is 10.5. The van der Waals surface area contributed by atoms with Crippen LogP contribution in [0.15, 0.2) is 12.1 Å². The van der Waals surface area contributed by atoms with E-state index in [4.69, 9.17) is 14.2 Å². The zero-order valence-corrected chi connectivity index (χ0v) is 21.8. The molecule has 1 N–H and O–H groups in total. The minimum absolute atomic E-state index is 0.320. The summed E-state index contributed by atoms with van der Waals surface area (Å²) >= 11 is 0. The number of esters is 1. The molecule has 2 heterocycles. The highest BCUT2D eigenvalue weighted by Crippen LogP contribution is 2.45. The van der Waals surface area contributed by atoms with Crippen LogP contribution in [0.25, 0.3) is 11.1 Å². The zero-order chi connectivity index (χ0) is 24.6. The van der Waals surface area contributed by atoms with Gasteiger partial charge in [0.05, 0.1) is 18.8 Å². The van der Waals surface area contributed by atoms with Crippen LogP contribution in [0.5, 0.6) is 5.75 Å². The Labute approximate surface area is 204 Å². The number of hydrogen-bond acceptors (Lipinski definition) is 5. The first-order chi connectivity index (χ1) is 16.1. The first kappa shape index (κ1) is 24.7. The summed E-state index contributed by atoms with van der Waals surface area (Å²) in [6, 6.07) is 4.25. The standard InChI is InChI=1S/C29H39NO4/c1-8-32-28(31)27(34-29(5,6)7)26-18(3)20-13-14-30-16-23(20)19(4)25(26)22-11-12-24-21(17(22)2)10-9-15-33-24/h11-12,27,30H,8-10,13-16H2,1-7H3/t27-/m0/s1. The Bertz CT molecular complexity index is 1100. The van der Waals surface area contributed by atoms with Crippen LogP contribution in [-0.4, -0.2) is 31.3 Å². The average molecular weight is 466 g/mol. The van der Waals surface area contributed by atoms with Gasteiger partial charge in [0, 0.05) is 12.1 Å². The highest BCUT2D eigenvalue weighted by Gasteiger charge is 2.35. The molecule has 0 spiro atoms. The van der Waals surface area contributed by atoms with E-state index in [9.17, 15) is 4.79 Å². The highest BCUT2D eigenvalue weighted by atomic mass is 16.6. The van der Waals surface area contributed by atoms with Crippen molar-refractivity contribution < 1.29 is 19.0 Å². The van der Waals surface area contributed by atoms with Crippen LogP contribution in [0.4, 0.5) is 0 Å². The molecule has 2 aliphatic rings. The van der Waals surface area contributed by atoms with Gasteiger partial charge >= 0.3 is 5.97 Å². The lowest BCUT2D eigenvalue weighted by molar-refractivity contribution is -0.166. The van der Waals surface area contributed by atoms with Gasteiger partial charge in [-0.25, -0.2) is 4.79 Å². The Morgan fingerprint density at radius 1 is 1.06 bits per heavy atom. The van der Waals surface area contributed by atoms with Gasteiger partial charge in [0.15, 0.2) is 6.10 Å². The summed E-state index contributed by atoms with van der Waals surface area (Å²) in [6.45, 7) is 17.2. The van der Waals surface area contributed by atoms with Crippen LogP contribution < -0.4 is 10.1 Å². The van der Waals surface area contributed by atoms with Gasteiger partial charge in [-0.05, 0) is 125 Å². The summed E-state index contributed by atoms with van der Waals surface area (Å²) in [7, 11) is 0. The molecule has 34 heavy (non-hydrogen) atoms. The second kappa shape index (κ2) is 9.71. The van der Waals surface area contributed by atoms with Crippen molar-refractivity contribution in [1.29, 1.82) is 0 Å². The summed E-state index contributed by atoms with van der Waals surface area (Å²) < 4.78 is 18.0. The highest BCUT2D eigenvalue weighted by molar-refractivity contribution is 5.86. The van der Waals surface area contributed by atoms with Crippen molar-refractivity contribution in [1.82, 2.24) is 5.32 Å². The topological polar surface area (TPSA) is 56.8 Å². The van der Waals surface area contributed by atoms with Crippen LogP contribution in [0.1, 0.15) is 79.2 Å². The molecule has 5 heteroatoms. The maximum atomic E-state index is 13.4. The summed E-state index contributed by atoms with van der Waals surface area (Å²) in [6.07, 6.45) is 2.18. The predicted octanol–water partition coefficient (Wildman–Crippen LogP) is 5.67. The summed E-state index contributed by atoms with van der Waals surface area (Å²) in [5, 5.41) is 3.54. The van der Waals surface area contributed by atoms with Crippen molar-refractivity contribution in [3.05, 3.63) is 51.1 Å². The van der Waals surface area contributed by atoms with Crippen LogP contribution in [-0.2, 0) is 33.7 Å². The molecule has 2 aromatic rings. The number of hydrogen-bond donors (Lipinski definition) is 1. The fourth-order valence-electron chi connectivity index (χ4n) is 5.51. The first-order valence-electron chi connectivity index (χ1n) is 12.6. The summed E-state index contributed by atoms with van der Waals surface area (Å²) in [5.41, 5.74) is 10.2. The molecule has 184 valence electrons. The molecule has 4 rings (SSSR count). The molecule has 0 aromatic heterocycles. The predicted molar refractivity (Wildman–Crippen MR) is 136 cm³/mol. The van der Waals surface area contributed by atoms with E-state index in [-0.39, 0.29) is 5.97 Å². The van der Waals surface area contributed by atoms with Crippen molar-refractivity contribution in [3.8, 4) is 16.9 Å². The molecule has 0 saturated carbocycles. The van der Waals surface area contributed by atoms with Crippen molar-refractivity contribution in [2.75, 3.05) is 19.8 Å². The third-order valence-corrected chi connectivity index (χ3v) is 7.06. The Morgan fingerprint density at radius 3 is 2.53 bits per heavy atom. The minimum atomic E-state index is -0.791. The van der Waals surface area contributed by atoms with Gasteiger partial charge in [0.2, 0.25) is 0 Å². The van der Waals surface area contributed by atoms with E-state index in [0.717, 1.165) is 67.0 Å². The van der Waals surface area contributed by atoms with E-state index in [1.807, 2.05) is 27.7 Å². The fraction of sp³-hybridized carbons (Fsp3) is 0.552. The Morgan fingerprint density at radius 2 is 1.82 bits per heavy atom. The molecule has 0 saturated heterocycles. The van der Waals surface area contributed by atoms with E-state index < -0.39 is 11.7 Å². The SMILES string of the molecule is CCOC(=O)[C@@H](OC(C)(C)C)c1c(C)c2c(c(C)c1-c1ccc3c(c1C)CCCO3)CNCC2. The number of fused-ring (bicyclic) bond motifs is 2. The van der Waals surface area contributed by atoms with Gasteiger partial charge in [-0.2, -0.15) is 0 Å². The number of benzene rings is 2. The molecule has 0 aliphatic carbocycles. The molecule has 0 radical (unpaired) electrons. The average Bonchev–Trinajstić information content (AvgIpc) is 2.80. The number of rotatable bonds is 5. The molecule has 2 aliphatic heterocycles. The van der Waals surface area contributed by atoms with Crippen molar-refractivity contribution in [2.24, 2.45) is 0 Å². The maximum Gasteiger partial charge on any atom is 0.339 e. The number of carbonyl (C=O) groups is 1. The molecule has 0 unspecified atom stereocenters. The van der Waals surface area contributed by atoms with Gasteiger partial charge in [-0.15, -0.1) is 0 Å². The second-order valence-electron chi connectivity index (χ2n) is 10.5. The van der Waals surface area contributed by atoms with Crippen LogP contribution >= 0.6 is 0 Å². The van der Waals surface area contributed by atoms with Crippen molar-refractivity contribution >= 4 is 5.97 Å². The van der Waals surface area contributed by atoms with Gasteiger partial charge in [0.1, 0.15) is 5.75 Å². The van der Waals surface area contributed by atoms with E-state index >= 15 is 0 Å². The molecule has 0 fully saturated rings. The Kier molecular flexibility index (Phi) is 7.07. The minimum Gasteiger partial charge on any atom is -0.493 e.